The molecule has 4 N–H and O–H groups in total. The van der Waals surface area contributed by atoms with E-state index in [1.54, 1.807) is 12.1 Å². The van der Waals surface area contributed by atoms with Crippen LogP contribution in [0.25, 0.3) is 0 Å². The second-order valence-corrected chi connectivity index (χ2v) is 4.99. The molecule has 0 aliphatic rings. The summed E-state index contributed by atoms with van der Waals surface area (Å²) in [5.41, 5.74) is 6.75. The molecule has 0 saturated heterocycles. The Balaban J connectivity index is 0.00000324. The van der Waals surface area contributed by atoms with Gasteiger partial charge in [-0.2, -0.15) is 0 Å². The van der Waals surface area contributed by atoms with Crippen LogP contribution in [0.4, 0.5) is 0 Å². The molecule has 4 nitrogen and oxygen atoms in total. The van der Waals surface area contributed by atoms with Crippen LogP contribution in [0, 0.1) is 5.92 Å². The highest BCUT2D eigenvalue weighted by Gasteiger charge is 2.20. The second kappa shape index (κ2) is 8.25. The smallest absolute Gasteiger partial charge is 0.127 e. The molecule has 0 amide bonds. The molecule has 0 heterocycles. The van der Waals surface area contributed by atoms with E-state index >= 15 is 0 Å². The number of aliphatic hydroxyl groups excluding tert-OH is 1. The van der Waals surface area contributed by atoms with Crippen LogP contribution in [0.5, 0.6) is 11.5 Å². The Bertz CT molecular complexity index is 385. The average Bonchev–Trinajstić information content (AvgIpc) is 2.34. The Morgan fingerprint density at radius 2 is 1.89 bits per heavy atom. The molecule has 110 valence electrons. The van der Waals surface area contributed by atoms with E-state index < -0.39 is 12.1 Å². The third-order valence-electron chi connectivity index (χ3n) is 3.03. The molecule has 0 aliphatic heterocycles. The molecule has 0 aliphatic carbocycles. The number of ether oxygens (including phenoxy) is 1. The number of hydrogen-bond donors (Lipinski definition) is 3. The van der Waals surface area contributed by atoms with Gasteiger partial charge in [-0.05, 0) is 30.9 Å². The lowest BCUT2D eigenvalue weighted by molar-refractivity contribution is 0.127. The number of halogens is 1. The fourth-order valence-electron chi connectivity index (χ4n) is 1.87. The summed E-state index contributed by atoms with van der Waals surface area (Å²) in [5, 5.41) is 19.4. The van der Waals surface area contributed by atoms with Gasteiger partial charge in [-0.1, -0.05) is 13.8 Å². The van der Waals surface area contributed by atoms with Crippen molar-refractivity contribution < 1.29 is 14.9 Å². The van der Waals surface area contributed by atoms with Crippen LogP contribution in [-0.4, -0.2) is 23.4 Å². The minimum absolute atomic E-state index is 0. The lowest BCUT2D eigenvalue weighted by atomic mass is 9.95. The molecule has 0 bridgehead atoms. The van der Waals surface area contributed by atoms with Gasteiger partial charge in [0.2, 0.25) is 0 Å². The van der Waals surface area contributed by atoms with Gasteiger partial charge in [0.05, 0.1) is 19.3 Å². The van der Waals surface area contributed by atoms with Crippen molar-refractivity contribution >= 4 is 12.4 Å². The lowest BCUT2D eigenvalue weighted by Gasteiger charge is -2.22. The second-order valence-electron chi connectivity index (χ2n) is 4.99. The van der Waals surface area contributed by atoms with E-state index in [9.17, 15) is 10.2 Å². The van der Waals surface area contributed by atoms with Gasteiger partial charge in [-0.15, -0.1) is 12.4 Å². The summed E-state index contributed by atoms with van der Waals surface area (Å²) >= 11 is 0. The van der Waals surface area contributed by atoms with Gasteiger partial charge < -0.3 is 20.7 Å². The predicted molar refractivity (Wildman–Crippen MR) is 78.9 cm³/mol. The number of aromatic hydroxyl groups is 1. The molecule has 19 heavy (non-hydrogen) atoms. The van der Waals surface area contributed by atoms with E-state index in [-0.39, 0.29) is 18.2 Å². The third-order valence-corrected chi connectivity index (χ3v) is 3.03. The molecule has 1 rings (SSSR count). The molecule has 0 unspecified atom stereocenters. The predicted octanol–water partition coefficient (Wildman–Crippen LogP) is 2.62. The molecule has 0 fully saturated rings. The van der Waals surface area contributed by atoms with E-state index in [0.29, 0.717) is 23.7 Å². The summed E-state index contributed by atoms with van der Waals surface area (Å²) < 4.78 is 5.17. The standard InChI is InChI=1S/C14H23NO3.ClH/c1-9(2)4-7-12(17)14(15)11-6-5-10(16)8-13(11)18-3;/h5-6,8-9,12,14,16-17H,4,7,15H2,1-3H3;1H/t12-,14+;/m0./s1. The summed E-state index contributed by atoms with van der Waals surface area (Å²) in [6.45, 7) is 4.22. The van der Waals surface area contributed by atoms with Gasteiger partial charge in [0.15, 0.2) is 0 Å². The Labute approximate surface area is 121 Å². The zero-order valence-corrected chi connectivity index (χ0v) is 12.5. The molecule has 0 spiro atoms. The molecule has 0 aromatic heterocycles. The monoisotopic (exact) mass is 289 g/mol. The highest BCUT2D eigenvalue weighted by atomic mass is 35.5. The van der Waals surface area contributed by atoms with Crippen molar-refractivity contribution in [2.45, 2.75) is 38.8 Å². The fraction of sp³-hybridized carbons (Fsp3) is 0.571. The highest BCUT2D eigenvalue weighted by molar-refractivity contribution is 5.85. The number of hydrogen-bond acceptors (Lipinski definition) is 4. The van der Waals surface area contributed by atoms with Crippen molar-refractivity contribution in [3.05, 3.63) is 23.8 Å². The Kier molecular flexibility index (Phi) is 7.83. The van der Waals surface area contributed by atoms with E-state index in [1.165, 1.54) is 13.2 Å². The van der Waals surface area contributed by atoms with Crippen LogP contribution in [0.3, 0.4) is 0 Å². The van der Waals surface area contributed by atoms with Crippen molar-refractivity contribution in [2.24, 2.45) is 11.7 Å². The Hall–Kier alpha value is -0.970. The SMILES string of the molecule is COc1cc(O)ccc1[C@@H](N)[C@@H](O)CCC(C)C.Cl. The van der Waals surface area contributed by atoms with Gasteiger partial charge in [-0.3, -0.25) is 0 Å². The topological polar surface area (TPSA) is 75.7 Å². The van der Waals surface area contributed by atoms with Crippen molar-refractivity contribution in [1.82, 2.24) is 0 Å². The number of phenolic OH excluding ortho intramolecular Hbond substituents is 1. The number of benzene rings is 1. The average molecular weight is 290 g/mol. The van der Waals surface area contributed by atoms with Gasteiger partial charge in [0.1, 0.15) is 11.5 Å². The summed E-state index contributed by atoms with van der Waals surface area (Å²) in [7, 11) is 1.52. The summed E-state index contributed by atoms with van der Waals surface area (Å²) in [5.74, 6) is 1.17. The molecule has 1 aromatic rings. The van der Waals surface area contributed by atoms with Crippen molar-refractivity contribution in [2.75, 3.05) is 7.11 Å². The van der Waals surface area contributed by atoms with Crippen molar-refractivity contribution in [1.29, 1.82) is 0 Å². The van der Waals surface area contributed by atoms with Crippen LogP contribution in [0.2, 0.25) is 0 Å². The first-order chi connectivity index (χ1) is 8.45. The highest BCUT2D eigenvalue weighted by Crippen LogP contribution is 2.30. The normalized spacial score (nSPS) is 13.8. The first kappa shape index (κ1) is 18.0. The quantitative estimate of drug-likeness (QED) is 0.752. The van der Waals surface area contributed by atoms with E-state index in [1.807, 2.05) is 0 Å². The summed E-state index contributed by atoms with van der Waals surface area (Å²) in [6, 6.07) is 4.24. The largest absolute Gasteiger partial charge is 0.508 e. The zero-order chi connectivity index (χ0) is 13.7. The maximum Gasteiger partial charge on any atom is 0.127 e. The van der Waals surface area contributed by atoms with Crippen LogP contribution < -0.4 is 10.5 Å². The number of methoxy groups -OCH3 is 1. The van der Waals surface area contributed by atoms with Gasteiger partial charge in [0.25, 0.3) is 0 Å². The van der Waals surface area contributed by atoms with Gasteiger partial charge in [-0.25, -0.2) is 0 Å². The lowest BCUT2D eigenvalue weighted by Crippen LogP contribution is -2.27. The van der Waals surface area contributed by atoms with Crippen LogP contribution >= 0.6 is 12.4 Å². The van der Waals surface area contributed by atoms with Crippen LogP contribution in [-0.2, 0) is 0 Å². The Morgan fingerprint density at radius 3 is 2.42 bits per heavy atom. The third kappa shape index (κ3) is 5.27. The van der Waals surface area contributed by atoms with Gasteiger partial charge >= 0.3 is 0 Å². The van der Waals surface area contributed by atoms with Crippen LogP contribution in [0.15, 0.2) is 18.2 Å². The molecule has 5 heteroatoms. The first-order valence-corrected chi connectivity index (χ1v) is 6.26. The van der Waals surface area contributed by atoms with Crippen molar-refractivity contribution in [3.8, 4) is 11.5 Å². The molecule has 2 atom stereocenters. The Morgan fingerprint density at radius 1 is 1.26 bits per heavy atom. The molecular weight excluding hydrogens is 266 g/mol. The molecule has 0 saturated carbocycles. The van der Waals surface area contributed by atoms with Gasteiger partial charge in [0, 0.05) is 11.6 Å². The van der Waals surface area contributed by atoms with E-state index in [2.05, 4.69) is 13.8 Å². The maximum atomic E-state index is 10.1. The maximum absolute atomic E-state index is 10.1. The van der Waals surface area contributed by atoms with E-state index in [0.717, 1.165) is 6.42 Å². The minimum Gasteiger partial charge on any atom is -0.508 e. The zero-order valence-electron chi connectivity index (χ0n) is 11.7. The fourth-order valence-corrected chi connectivity index (χ4v) is 1.87. The summed E-state index contributed by atoms with van der Waals surface area (Å²) in [6.07, 6.45) is 0.976. The van der Waals surface area contributed by atoms with Crippen molar-refractivity contribution in [3.63, 3.8) is 0 Å². The molecule has 1 aromatic carbocycles. The molecular formula is C14H24ClNO3. The number of aliphatic hydroxyl groups is 1. The number of nitrogens with two attached hydrogens (primary N) is 1. The molecule has 0 radical (unpaired) electrons. The summed E-state index contributed by atoms with van der Waals surface area (Å²) in [4.78, 5) is 0. The first-order valence-electron chi connectivity index (χ1n) is 6.26. The number of rotatable bonds is 6. The van der Waals surface area contributed by atoms with E-state index in [4.69, 9.17) is 10.5 Å². The minimum atomic E-state index is -0.606. The van der Waals surface area contributed by atoms with Crippen LogP contribution in [0.1, 0.15) is 38.3 Å². The number of phenols is 1.